The fraction of sp³-hybridized carbons (Fsp3) is 0.417. The van der Waals surface area contributed by atoms with Crippen molar-refractivity contribution < 1.29 is 0 Å². The smallest absolute Gasteiger partial charge is 0.0452 e. The van der Waals surface area contributed by atoms with E-state index in [-0.39, 0.29) is 5.54 Å². The van der Waals surface area contributed by atoms with E-state index in [1.54, 1.807) is 10.4 Å². The minimum Gasteiger partial charge on any atom is -0.300 e. The van der Waals surface area contributed by atoms with E-state index in [0.29, 0.717) is 5.25 Å². The van der Waals surface area contributed by atoms with Gasteiger partial charge < -0.3 is 0 Å². The average molecular weight is 396 g/mol. The third-order valence-electron chi connectivity index (χ3n) is 6.27. The van der Waals surface area contributed by atoms with Gasteiger partial charge in [0.2, 0.25) is 0 Å². The summed E-state index contributed by atoms with van der Waals surface area (Å²) < 4.78 is 1.47. The molecule has 0 N–H and O–H groups in total. The summed E-state index contributed by atoms with van der Waals surface area (Å²) in [5, 5.41) is 2.14. The van der Waals surface area contributed by atoms with Gasteiger partial charge in [0.25, 0.3) is 0 Å². The molecule has 3 heteroatoms. The zero-order valence-corrected chi connectivity index (χ0v) is 18.2. The number of hydrogen-bond acceptors (Lipinski definition) is 3. The van der Waals surface area contributed by atoms with Gasteiger partial charge in [0.1, 0.15) is 0 Å². The van der Waals surface area contributed by atoms with Crippen LogP contribution >= 0.6 is 23.1 Å². The minimum atomic E-state index is 0.121. The summed E-state index contributed by atoms with van der Waals surface area (Å²) in [5.41, 5.74) is 3.21. The lowest BCUT2D eigenvalue weighted by atomic mass is 9.81. The number of thiophene rings is 1. The minimum absolute atomic E-state index is 0.121. The molecule has 2 aromatic carbocycles. The summed E-state index contributed by atoms with van der Waals surface area (Å²) in [6.45, 7) is 2.34. The average Bonchev–Trinajstić information content (AvgIpc) is 3.09. The van der Waals surface area contributed by atoms with Gasteiger partial charge in [-0.1, -0.05) is 55.5 Å². The molecule has 0 spiro atoms. The van der Waals surface area contributed by atoms with Crippen molar-refractivity contribution >= 4 is 33.2 Å². The molecule has 1 nitrogen and oxygen atoms in total. The summed E-state index contributed by atoms with van der Waals surface area (Å²) in [4.78, 5) is 4.09. The molecule has 2 heterocycles. The second-order valence-corrected chi connectivity index (χ2v) is 10.1. The summed E-state index contributed by atoms with van der Waals surface area (Å²) in [7, 11) is 4.49. The number of aryl methyl sites for hydroxylation is 1. The van der Waals surface area contributed by atoms with Crippen LogP contribution in [0.4, 0.5) is 0 Å². The van der Waals surface area contributed by atoms with Gasteiger partial charge in [-0.05, 0) is 68.1 Å². The van der Waals surface area contributed by atoms with Crippen molar-refractivity contribution in [3.8, 4) is 0 Å². The first-order chi connectivity index (χ1) is 13.2. The van der Waals surface area contributed by atoms with Gasteiger partial charge in [-0.2, -0.15) is 11.8 Å². The van der Waals surface area contributed by atoms with Crippen molar-refractivity contribution in [3.63, 3.8) is 0 Å². The quantitative estimate of drug-likeness (QED) is 0.447. The second-order valence-electron chi connectivity index (χ2n) is 7.73. The Morgan fingerprint density at radius 2 is 1.78 bits per heavy atom. The highest BCUT2D eigenvalue weighted by molar-refractivity contribution is 7.99. The molecule has 0 bridgehead atoms. The Morgan fingerprint density at radius 3 is 2.52 bits per heavy atom. The lowest BCUT2D eigenvalue weighted by molar-refractivity contribution is 0.129. The Labute approximate surface area is 171 Å². The third kappa shape index (κ3) is 3.46. The molecule has 1 aliphatic rings. The maximum absolute atomic E-state index is 2.45. The van der Waals surface area contributed by atoms with E-state index >= 15 is 0 Å². The summed E-state index contributed by atoms with van der Waals surface area (Å²) in [5.74, 6) is 1.25. The van der Waals surface area contributed by atoms with Gasteiger partial charge in [0, 0.05) is 20.4 Å². The van der Waals surface area contributed by atoms with Gasteiger partial charge >= 0.3 is 0 Å². The molecule has 27 heavy (non-hydrogen) atoms. The van der Waals surface area contributed by atoms with Crippen LogP contribution in [0.3, 0.4) is 0 Å². The molecule has 1 aliphatic heterocycles. The number of hydrogen-bond donors (Lipinski definition) is 0. The summed E-state index contributed by atoms with van der Waals surface area (Å²) in [6.07, 6.45) is 4.81. The van der Waals surface area contributed by atoms with E-state index in [1.165, 1.54) is 40.7 Å². The number of thioether (sulfide) groups is 1. The SMILES string of the molecule is CCC(CCC1SCCc2c1sc1ccccc21)(c1ccccc1)N(C)C. The van der Waals surface area contributed by atoms with Crippen molar-refractivity contribution in [3.05, 3.63) is 70.6 Å². The molecule has 142 valence electrons. The highest BCUT2D eigenvalue weighted by Gasteiger charge is 2.34. The maximum Gasteiger partial charge on any atom is 0.0452 e. The van der Waals surface area contributed by atoms with E-state index in [1.807, 2.05) is 11.3 Å². The predicted molar refractivity (Wildman–Crippen MR) is 122 cm³/mol. The van der Waals surface area contributed by atoms with Gasteiger partial charge in [-0.25, -0.2) is 0 Å². The fourth-order valence-electron chi connectivity index (χ4n) is 4.67. The van der Waals surface area contributed by atoms with Crippen LogP contribution in [0.2, 0.25) is 0 Å². The topological polar surface area (TPSA) is 3.24 Å². The van der Waals surface area contributed by atoms with Crippen LogP contribution in [0.1, 0.15) is 47.4 Å². The van der Waals surface area contributed by atoms with Crippen molar-refractivity contribution in [1.82, 2.24) is 4.90 Å². The van der Waals surface area contributed by atoms with Crippen molar-refractivity contribution in [2.75, 3.05) is 19.8 Å². The monoisotopic (exact) mass is 395 g/mol. The van der Waals surface area contributed by atoms with Crippen LogP contribution in [-0.4, -0.2) is 24.7 Å². The highest BCUT2D eigenvalue weighted by atomic mass is 32.2. The Morgan fingerprint density at radius 1 is 1.04 bits per heavy atom. The van der Waals surface area contributed by atoms with E-state index in [0.717, 1.165) is 6.42 Å². The first-order valence-corrected chi connectivity index (χ1v) is 11.9. The van der Waals surface area contributed by atoms with Gasteiger partial charge in [-0.15, -0.1) is 11.3 Å². The highest BCUT2D eigenvalue weighted by Crippen LogP contribution is 2.49. The Kier molecular flexibility index (Phi) is 5.63. The van der Waals surface area contributed by atoms with Gasteiger partial charge in [-0.3, -0.25) is 4.90 Å². The van der Waals surface area contributed by atoms with Crippen LogP contribution < -0.4 is 0 Å². The van der Waals surface area contributed by atoms with Crippen LogP contribution in [-0.2, 0) is 12.0 Å². The normalized spacial score (nSPS) is 19.2. The third-order valence-corrected chi connectivity index (χ3v) is 9.05. The molecule has 0 saturated carbocycles. The predicted octanol–water partition coefficient (Wildman–Crippen LogP) is 6.88. The molecule has 0 fully saturated rings. The molecule has 2 atom stereocenters. The molecule has 0 saturated heterocycles. The molecular formula is C24H29NS2. The molecule has 1 aromatic heterocycles. The summed E-state index contributed by atoms with van der Waals surface area (Å²) in [6, 6.07) is 20.1. The molecule has 4 rings (SSSR count). The van der Waals surface area contributed by atoms with Crippen LogP contribution in [0.5, 0.6) is 0 Å². The Balaban J connectivity index is 1.63. The number of nitrogens with zero attached hydrogens (tertiary/aromatic N) is 1. The molecule has 2 unspecified atom stereocenters. The van der Waals surface area contributed by atoms with E-state index < -0.39 is 0 Å². The zero-order valence-electron chi connectivity index (χ0n) is 16.6. The Bertz CT molecular complexity index is 899. The van der Waals surface area contributed by atoms with Crippen molar-refractivity contribution in [2.24, 2.45) is 0 Å². The number of benzene rings is 2. The van der Waals surface area contributed by atoms with Gasteiger partial charge in [0.05, 0.1) is 0 Å². The number of rotatable bonds is 6. The van der Waals surface area contributed by atoms with Crippen LogP contribution in [0, 0.1) is 0 Å². The molecule has 0 radical (unpaired) electrons. The van der Waals surface area contributed by atoms with E-state index in [2.05, 4.69) is 92.3 Å². The van der Waals surface area contributed by atoms with E-state index in [4.69, 9.17) is 0 Å². The van der Waals surface area contributed by atoms with Gasteiger partial charge in [0.15, 0.2) is 0 Å². The van der Waals surface area contributed by atoms with Crippen molar-refractivity contribution in [1.29, 1.82) is 0 Å². The molecular weight excluding hydrogens is 366 g/mol. The standard InChI is InChI=1S/C24H29NS2/c1-4-24(25(2)3,18-10-6-5-7-11-18)16-14-22-23-20(15-17-26-22)19-12-8-9-13-21(19)27-23/h5-13,22H,4,14-17H2,1-3H3. The lowest BCUT2D eigenvalue weighted by Crippen LogP contribution is -2.41. The largest absolute Gasteiger partial charge is 0.300 e. The molecule has 3 aromatic rings. The lowest BCUT2D eigenvalue weighted by Gasteiger charge is -2.41. The first-order valence-electron chi connectivity index (χ1n) is 10.0. The zero-order chi connectivity index (χ0) is 18.9. The Hall–Kier alpha value is -1.29. The molecule has 0 aliphatic carbocycles. The van der Waals surface area contributed by atoms with Crippen molar-refractivity contribution in [2.45, 2.75) is 43.4 Å². The first kappa shape index (κ1) is 19.0. The molecule has 0 amide bonds. The fourth-order valence-corrected chi connectivity index (χ4v) is 7.47. The maximum atomic E-state index is 2.45. The summed E-state index contributed by atoms with van der Waals surface area (Å²) >= 11 is 4.21. The second kappa shape index (κ2) is 7.98. The number of fused-ring (bicyclic) bond motifs is 3. The van der Waals surface area contributed by atoms with E-state index in [9.17, 15) is 0 Å². The van der Waals surface area contributed by atoms with Crippen LogP contribution in [0.25, 0.3) is 10.1 Å². The van der Waals surface area contributed by atoms with Crippen LogP contribution in [0.15, 0.2) is 54.6 Å².